The summed E-state index contributed by atoms with van der Waals surface area (Å²) in [6.45, 7) is 4.23. The van der Waals surface area contributed by atoms with E-state index in [1.807, 2.05) is 25.1 Å². The van der Waals surface area contributed by atoms with Crippen molar-refractivity contribution in [1.29, 1.82) is 5.26 Å². The number of likely N-dealkylation sites (tertiary alicyclic amines) is 1. The Balaban J connectivity index is 1.43. The van der Waals surface area contributed by atoms with Gasteiger partial charge in [-0.1, -0.05) is 25.1 Å². The van der Waals surface area contributed by atoms with Gasteiger partial charge < -0.3 is 20.6 Å². The Morgan fingerprint density at radius 1 is 1.25 bits per heavy atom. The number of aliphatic hydroxyl groups is 1. The zero-order chi connectivity index (χ0) is 22.9. The molecule has 32 heavy (non-hydrogen) atoms. The van der Waals surface area contributed by atoms with Crippen molar-refractivity contribution in [3.8, 4) is 6.07 Å². The Bertz CT molecular complexity index is 920. The number of hydrogen-bond donors (Lipinski definition) is 3. The number of anilines is 1. The normalized spacial score (nSPS) is 16.7. The van der Waals surface area contributed by atoms with Gasteiger partial charge in [0.1, 0.15) is 5.82 Å². The molecule has 1 heterocycles. The Labute approximate surface area is 189 Å². The largest absolute Gasteiger partial charge is 0.390 e. The number of nitrogens with zero attached hydrogens (tertiary/aromatic N) is 2. The summed E-state index contributed by atoms with van der Waals surface area (Å²) in [6, 6.07) is 14.7. The zero-order valence-corrected chi connectivity index (χ0v) is 18.4. The van der Waals surface area contributed by atoms with E-state index in [9.17, 15) is 14.3 Å². The van der Waals surface area contributed by atoms with Crippen LogP contribution in [0.4, 0.5) is 14.9 Å². The summed E-state index contributed by atoms with van der Waals surface area (Å²) >= 11 is 0. The Hall–Kier alpha value is -2.95. The first-order valence-corrected chi connectivity index (χ1v) is 11.2. The van der Waals surface area contributed by atoms with Crippen molar-refractivity contribution in [1.82, 2.24) is 10.2 Å². The summed E-state index contributed by atoms with van der Waals surface area (Å²) in [4.78, 5) is 14.6. The molecule has 2 atom stereocenters. The highest BCUT2D eigenvalue weighted by Crippen LogP contribution is 2.22. The lowest BCUT2D eigenvalue weighted by Gasteiger charge is -2.35. The number of carbonyl (C=O) groups excluding carboxylic acids is 1. The first-order chi connectivity index (χ1) is 15.5. The Morgan fingerprint density at radius 2 is 1.97 bits per heavy atom. The van der Waals surface area contributed by atoms with E-state index in [0.717, 1.165) is 37.9 Å². The molecular formula is C25H31FN4O2. The van der Waals surface area contributed by atoms with Crippen molar-refractivity contribution in [2.75, 3.05) is 25.0 Å². The van der Waals surface area contributed by atoms with Gasteiger partial charge in [0, 0.05) is 12.2 Å². The number of benzene rings is 2. The number of piperidine rings is 1. The highest BCUT2D eigenvalue weighted by Gasteiger charge is 2.25. The van der Waals surface area contributed by atoms with E-state index in [2.05, 4.69) is 15.5 Å². The van der Waals surface area contributed by atoms with Crippen LogP contribution in [0.25, 0.3) is 0 Å². The molecule has 1 fully saturated rings. The molecule has 3 N–H and O–H groups in total. The smallest absolute Gasteiger partial charge is 0.319 e. The molecule has 2 amide bonds. The summed E-state index contributed by atoms with van der Waals surface area (Å²) in [5.41, 5.74) is 2.17. The maximum Gasteiger partial charge on any atom is 0.319 e. The van der Waals surface area contributed by atoms with Crippen LogP contribution in [0.3, 0.4) is 0 Å². The van der Waals surface area contributed by atoms with Crippen LogP contribution in [-0.4, -0.2) is 47.8 Å². The molecule has 0 bridgehead atoms. The van der Waals surface area contributed by atoms with Gasteiger partial charge in [-0.2, -0.15) is 5.26 Å². The molecule has 0 radical (unpaired) electrons. The lowest BCUT2D eigenvalue weighted by molar-refractivity contribution is 0.0649. The van der Waals surface area contributed by atoms with E-state index in [-0.39, 0.29) is 11.9 Å². The summed E-state index contributed by atoms with van der Waals surface area (Å²) in [6.07, 6.45) is 2.94. The highest BCUT2D eigenvalue weighted by atomic mass is 19.1. The fourth-order valence-electron chi connectivity index (χ4n) is 4.19. The van der Waals surface area contributed by atoms with Crippen molar-refractivity contribution in [2.24, 2.45) is 5.92 Å². The van der Waals surface area contributed by atoms with Gasteiger partial charge >= 0.3 is 6.03 Å². The van der Waals surface area contributed by atoms with Crippen molar-refractivity contribution >= 4 is 11.7 Å². The van der Waals surface area contributed by atoms with Gasteiger partial charge in [-0.05, 0) is 80.6 Å². The third-order valence-electron chi connectivity index (χ3n) is 6.06. The van der Waals surface area contributed by atoms with Gasteiger partial charge in [-0.25, -0.2) is 9.18 Å². The number of amides is 2. The van der Waals surface area contributed by atoms with Crippen LogP contribution >= 0.6 is 0 Å². The number of halogens is 1. The van der Waals surface area contributed by atoms with Gasteiger partial charge in [-0.3, -0.25) is 0 Å². The van der Waals surface area contributed by atoms with Crippen LogP contribution in [0.1, 0.15) is 37.3 Å². The second kappa shape index (κ2) is 11.6. The predicted molar refractivity (Wildman–Crippen MR) is 123 cm³/mol. The SMILES string of the molecule is CCC(NC(=O)Nc1cccc(C#N)c1)C(O)CN1CCC(Cc2ccc(F)cc2)CC1. The summed E-state index contributed by atoms with van der Waals surface area (Å²) in [7, 11) is 0. The molecule has 170 valence electrons. The molecule has 1 saturated heterocycles. The topological polar surface area (TPSA) is 88.4 Å². The lowest BCUT2D eigenvalue weighted by atomic mass is 9.90. The van der Waals surface area contributed by atoms with Crippen LogP contribution in [0.2, 0.25) is 0 Å². The Kier molecular flexibility index (Phi) is 8.60. The van der Waals surface area contributed by atoms with E-state index in [1.54, 1.807) is 24.3 Å². The number of carbonyl (C=O) groups is 1. The minimum absolute atomic E-state index is 0.207. The van der Waals surface area contributed by atoms with Crippen LogP contribution in [0.15, 0.2) is 48.5 Å². The van der Waals surface area contributed by atoms with Crippen LogP contribution in [0.5, 0.6) is 0 Å². The number of β-amino-alcohol motifs (C(OH)–C–C–N with tert-alkyl or cyclic N) is 1. The predicted octanol–water partition coefficient (Wildman–Crippen LogP) is 3.91. The van der Waals surface area contributed by atoms with E-state index >= 15 is 0 Å². The van der Waals surface area contributed by atoms with Gasteiger partial charge in [0.05, 0.1) is 23.8 Å². The van der Waals surface area contributed by atoms with Crippen molar-refractivity contribution in [3.63, 3.8) is 0 Å². The summed E-state index contributed by atoms with van der Waals surface area (Å²) in [5.74, 6) is 0.352. The second-order valence-corrected chi connectivity index (χ2v) is 8.45. The van der Waals surface area contributed by atoms with Gasteiger partial charge in [0.15, 0.2) is 0 Å². The molecule has 3 rings (SSSR count). The monoisotopic (exact) mass is 438 g/mol. The first kappa shape index (κ1) is 23.7. The van der Waals surface area contributed by atoms with Crippen molar-refractivity contribution < 1.29 is 14.3 Å². The number of urea groups is 1. The molecule has 0 saturated carbocycles. The first-order valence-electron chi connectivity index (χ1n) is 11.2. The molecule has 7 heteroatoms. The molecule has 1 aliphatic heterocycles. The average molecular weight is 439 g/mol. The van der Waals surface area contributed by atoms with E-state index in [1.165, 1.54) is 12.1 Å². The third-order valence-corrected chi connectivity index (χ3v) is 6.06. The number of hydrogen-bond acceptors (Lipinski definition) is 4. The number of aliphatic hydroxyl groups excluding tert-OH is 1. The van der Waals surface area contributed by atoms with E-state index in [0.29, 0.717) is 30.1 Å². The van der Waals surface area contributed by atoms with Gasteiger partial charge in [0.2, 0.25) is 0 Å². The van der Waals surface area contributed by atoms with Crippen LogP contribution < -0.4 is 10.6 Å². The molecule has 2 unspecified atom stereocenters. The van der Waals surface area contributed by atoms with Gasteiger partial charge in [-0.15, -0.1) is 0 Å². The highest BCUT2D eigenvalue weighted by molar-refractivity contribution is 5.89. The molecule has 0 spiro atoms. The quantitative estimate of drug-likeness (QED) is 0.583. The van der Waals surface area contributed by atoms with E-state index < -0.39 is 12.1 Å². The minimum atomic E-state index is -0.676. The second-order valence-electron chi connectivity index (χ2n) is 8.45. The summed E-state index contributed by atoms with van der Waals surface area (Å²) in [5, 5.41) is 25.3. The molecule has 0 aliphatic carbocycles. The number of nitrogens with one attached hydrogen (secondary N) is 2. The minimum Gasteiger partial charge on any atom is -0.390 e. The summed E-state index contributed by atoms with van der Waals surface area (Å²) < 4.78 is 13.1. The van der Waals surface area contributed by atoms with Crippen molar-refractivity contribution in [2.45, 2.75) is 44.8 Å². The van der Waals surface area contributed by atoms with Crippen LogP contribution in [-0.2, 0) is 6.42 Å². The molecule has 2 aromatic carbocycles. The van der Waals surface area contributed by atoms with Crippen LogP contribution in [0, 0.1) is 23.1 Å². The number of nitriles is 1. The maximum atomic E-state index is 13.1. The van der Waals surface area contributed by atoms with Crippen molar-refractivity contribution in [3.05, 3.63) is 65.5 Å². The average Bonchev–Trinajstić information content (AvgIpc) is 2.80. The fourth-order valence-corrected chi connectivity index (χ4v) is 4.19. The molecule has 6 nitrogen and oxygen atoms in total. The standard InChI is InChI=1S/C25H31FN4O2/c1-2-23(29-25(32)28-22-5-3-4-20(15-22)16-27)24(31)17-30-12-10-19(11-13-30)14-18-6-8-21(26)9-7-18/h3-9,15,19,23-24,31H,2,10-14,17H2,1H3,(H2,28,29,32). The fraction of sp³-hybridized carbons (Fsp3) is 0.440. The molecule has 0 aromatic heterocycles. The number of rotatable bonds is 8. The Morgan fingerprint density at radius 3 is 2.62 bits per heavy atom. The van der Waals surface area contributed by atoms with E-state index in [4.69, 9.17) is 5.26 Å². The molecular weight excluding hydrogens is 407 g/mol. The molecule has 1 aliphatic rings. The third kappa shape index (κ3) is 7.04. The maximum absolute atomic E-state index is 13.1. The lowest BCUT2D eigenvalue weighted by Crippen LogP contribution is -2.50. The zero-order valence-electron chi connectivity index (χ0n) is 18.4. The molecule has 2 aromatic rings. The van der Waals surface area contributed by atoms with Gasteiger partial charge in [0.25, 0.3) is 0 Å².